The van der Waals surface area contributed by atoms with Crippen LogP contribution in [0.3, 0.4) is 0 Å². The fourth-order valence-corrected chi connectivity index (χ4v) is 1.98. The first-order chi connectivity index (χ1) is 10.2. The van der Waals surface area contributed by atoms with Gasteiger partial charge in [0.05, 0.1) is 12.8 Å². The van der Waals surface area contributed by atoms with Crippen LogP contribution in [-0.2, 0) is 6.54 Å². The molecule has 4 heteroatoms. The zero-order chi connectivity index (χ0) is 15.1. The second kappa shape index (κ2) is 7.64. The highest BCUT2D eigenvalue weighted by atomic mass is 16.5. The Labute approximate surface area is 126 Å². The van der Waals surface area contributed by atoms with Crippen LogP contribution >= 0.6 is 0 Å². The van der Waals surface area contributed by atoms with Crippen molar-refractivity contribution in [3.8, 4) is 17.4 Å². The summed E-state index contributed by atoms with van der Waals surface area (Å²) in [5.74, 6) is 1.97. The summed E-state index contributed by atoms with van der Waals surface area (Å²) in [6, 6.07) is 11.6. The second-order valence-corrected chi connectivity index (χ2v) is 4.90. The molecule has 4 nitrogen and oxygen atoms in total. The van der Waals surface area contributed by atoms with Gasteiger partial charge in [0.15, 0.2) is 11.5 Å². The van der Waals surface area contributed by atoms with E-state index in [9.17, 15) is 0 Å². The maximum Gasteiger partial charge on any atom is 0.219 e. The number of benzene rings is 1. The van der Waals surface area contributed by atoms with Crippen LogP contribution in [0.2, 0.25) is 0 Å². The molecule has 1 heterocycles. The second-order valence-electron chi connectivity index (χ2n) is 4.90. The van der Waals surface area contributed by atoms with Crippen molar-refractivity contribution in [2.75, 3.05) is 13.7 Å². The highest BCUT2D eigenvalue weighted by molar-refractivity contribution is 5.44. The van der Waals surface area contributed by atoms with Gasteiger partial charge >= 0.3 is 0 Å². The standard InChI is InChI=1S/C17H22N2O2/c1-4-10-18-12-14-6-5-7-17(19-14)21-15-9-8-13(2)11-16(15)20-3/h5-9,11,18H,4,10,12H2,1-3H3. The molecule has 0 unspecified atom stereocenters. The largest absolute Gasteiger partial charge is 0.493 e. The maximum atomic E-state index is 5.84. The van der Waals surface area contributed by atoms with E-state index in [-0.39, 0.29) is 0 Å². The van der Waals surface area contributed by atoms with Crippen molar-refractivity contribution in [1.82, 2.24) is 10.3 Å². The molecule has 1 aromatic carbocycles. The van der Waals surface area contributed by atoms with Crippen LogP contribution < -0.4 is 14.8 Å². The zero-order valence-electron chi connectivity index (χ0n) is 12.8. The van der Waals surface area contributed by atoms with E-state index >= 15 is 0 Å². The Bertz CT molecular complexity index is 585. The van der Waals surface area contributed by atoms with Crippen LogP contribution in [0, 0.1) is 6.92 Å². The number of pyridine rings is 1. The van der Waals surface area contributed by atoms with Gasteiger partial charge in [-0.25, -0.2) is 4.98 Å². The predicted molar refractivity (Wildman–Crippen MR) is 84.0 cm³/mol. The SMILES string of the molecule is CCCNCc1cccc(Oc2ccc(C)cc2OC)n1. The molecule has 0 aliphatic heterocycles. The number of hydrogen-bond acceptors (Lipinski definition) is 4. The summed E-state index contributed by atoms with van der Waals surface area (Å²) in [4.78, 5) is 4.50. The first kappa shape index (κ1) is 15.3. The van der Waals surface area contributed by atoms with Crippen molar-refractivity contribution >= 4 is 0 Å². The van der Waals surface area contributed by atoms with Gasteiger partial charge in [-0.05, 0) is 43.7 Å². The van der Waals surface area contributed by atoms with Crippen LogP contribution in [0.1, 0.15) is 24.6 Å². The molecule has 0 aliphatic rings. The Kier molecular flexibility index (Phi) is 5.58. The number of aromatic nitrogens is 1. The molecule has 2 aromatic rings. The van der Waals surface area contributed by atoms with Crippen molar-refractivity contribution in [2.24, 2.45) is 0 Å². The molecule has 0 amide bonds. The summed E-state index contributed by atoms with van der Waals surface area (Å²) in [6.07, 6.45) is 1.11. The summed E-state index contributed by atoms with van der Waals surface area (Å²) < 4.78 is 11.2. The monoisotopic (exact) mass is 286 g/mol. The van der Waals surface area contributed by atoms with Gasteiger partial charge in [-0.15, -0.1) is 0 Å². The van der Waals surface area contributed by atoms with Gasteiger partial charge in [-0.2, -0.15) is 0 Å². The van der Waals surface area contributed by atoms with Crippen molar-refractivity contribution < 1.29 is 9.47 Å². The molecule has 0 spiro atoms. The van der Waals surface area contributed by atoms with Gasteiger partial charge in [0.2, 0.25) is 5.88 Å². The lowest BCUT2D eigenvalue weighted by molar-refractivity contribution is 0.373. The van der Waals surface area contributed by atoms with E-state index in [2.05, 4.69) is 17.2 Å². The molecule has 0 radical (unpaired) electrons. The molecule has 1 aromatic heterocycles. The van der Waals surface area contributed by atoms with E-state index in [4.69, 9.17) is 9.47 Å². The number of aryl methyl sites for hydroxylation is 1. The first-order valence-corrected chi connectivity index (χ1v) is 7.22. The number of nitrogens with zero attached hydrogens (tertiary/aromatic N) is 1. The number of nitrogens with one attached hydrogen (secondary N) is 1. The number of ether oxygens (including phenoxy) is 2. The van der Waals surface area contributed by atoms with Gasteiger partial charge in [0, 0.05) is 12.6 Å². The molecule has 112 valence electrons. The minimum atomic E-state index is 0.577. The third-order valence-electron chi connectivity index (χ3n) is 3.05. The quantitative estimate of drug-likeness (QED) is 0.788. The number of rotatable bonds is 7. The zero-order valence-corrected chi connectivity index (χ0v) is 12.8. The fraction of sp³-hybridized carbons (Fsp3) is 0.353. The molecule has 0 bridgehead atoms. The van der Waals surface area contributed by atoms with Crippen LogP contribution in [0.4, 0.5) is 0 Å². The fourth-order valence-electron chi connectivity index (χ4n) is 1.98. The highest BCUT2D eigenvalue weighted by Crippen LogP contribution is 2.31. The minimum absolute atomic E-state index is 0.577. The van der Waals surface area contributed by atoms with Crippen LogP contribution in [0.15, 0.2) is 36.4 Å². The Balaban J connectivity index is 2.10. The van der Waals surface area contributed by atoms with Gasteiger partial charge in [-0.3, -0.25) is 0 Å². The normalized spacial score (nSPS) is 10.4. The Morgan fingerprint density at radius 2 is 2.00 bits per heavy atom. The molecule has 0 saturated carbocycles. The molecule has 0 aliphatic carbocycles. The Morgan fingerprint density at radius 1 is 1.14 bits per heavy atom. The summed E-state index contributed by atoms with van der Waals surface area (Å²) in [5.41, 5.74) is 2.09. The third kappa shape index (κ3) is 4.46. The molecular weight excluding hydrogens is 264 g/mol. The molecule has 21 heavy (non-hydrogen) atoms. The van der Waals surface area contributed by atoms with E-state index in [1.54, 1.807) is 7.11 Å². The van der Waals surface area contributed by atoms with E-state index in [1.807, 2.05) is 43.3 Å². The molecule has 2 rings (SSSR count). The van der Waals surface area contributed by atoms with Crippen LogP contribution in [0.5, 0.6) is 17.4 Å². The van der Waals surface area contributed by atoms with E-state index in [1.165, 1.54) is 0 Å². The highest BCUT2D eigenvalue weighted by Gasteiger charge is 2.07. The maximum absolute atomic E-state index is 5.84. The lowest BCUT2D eigenvalue weighted by Gasteiger charge is -2.11. The van der Waals surface area contributed by atoms with Crippen molar-refractivity contribution in [2.45, 2.75) is 26.8 Å². The number of methoxy groups -OCH3 is 1. The van der Waals surface area contributed by atoms with Gasteiger partial charge in [-0.1, -0.05) is 19.1 Å². The summed E-state index contributed by atoms with van der Waals surface area (Å²) in [6.45, 7) is 5.89. The van der Waals surface area contributed by atoms with Gasteiger partial charge in [0.1, 0.15) is 0 Å². The molecule has 0 saturated heterocycles. The minimum Gasteiger partial charge on any atom is -0.493 e. The molecule has 0 fully saturated rings. The molecular formula is C17H22N2O2. The van der Waals surface area contributed by atoms with Crippen LogP contribution in [-0.4, -0.2) is 18.6 Å². The van der Waals surface area contributed by atoms with Gasteiger partial charge in [0.25, 0.3) is 0 Å². The average molecular weight is 286 g/mol. The number of hydrogen-bond donors (Lipinski definition) is 1. The van der Waals surface area contributed by atoms with E-state index in [0.717, 1.165) is 30.8 Å². The lowest BCUT2D eigenvalue weighted by atomic mass is 10.2. The third-order valence-corrected chi connectivity index (χ3v) is 3.05. The molecule has 0 atom stereocenters. The Hall–Kier alpha value is -2.07. The van der Waals surface area contributed by atoms with Gasteiger partial charge < -0.3 is 14.8 Å². The summed E-state index contributed by atoms with van der Waals surface area (Å²) >= 11 is 0. The molecule has 1 N–H and O–H groups in total. The lowest BCUT2D eigenvalue weighted by Crippen LogP contribution is -2.14. The summed E-state index contributed by atoms with van der Waals surface area (Å²) in [7, 11) is 1.64. The van der Waals surface area contributed by atoms with Crippen molar-refractivity contribution in [3.05, 3.63) is 47.7 Å². The van der Waals surface area contributed by atoms with Crippen molar-refractivity contribution in [1.29, 1.82) is 0 Å². The van der Waals surface area contributed by atoms with Crippen LogP contribution in [0.25, 0.3) is 0 Å². The van der Waals surface area contributed by atoms with E-state index < -0.39 is 0 Å². The summed E-state index contributed by atoms with van der Waals surface area (Å²) in [5, 5.41) is 3.33. The van der Waals surface area contributed by atoms with E-state index in [0.29, 0.717) is 17.4 Å². The van der Waals surface area contributed by atoms with Crippen molar-refractivity contribution in [3.63, 3.8) is 0 Å². The topological polar surface area (TPSA) is 43.4 Å². The Morgan fingerprint density at radius 3 is 2.76 bits per heavy atom. The average Bonchev–Trinajstić information content (AvgIpc) is 2.50. The first-order valence-electron chi connectivity index (χ1n) is 7.22. The predicted octanol–water partition coefficient (Wildman–Crippen LogP) is 3.69. The smallest absolute Gasteiger partial charge is 0.219 e.